The van der Waals surface area contributed by atoms with Crippen LogP contribution in [0.3, 0.4) is 0 Å². The second-order valence-electron chi connectivity index (χ2n) is 4.75. The molecule has 1 unspecified atom stereocenters. The van der Waals surface area contributed by atoms with Crippen molar-refractivity contribution in [3.63, 3.8) is 0 Å². The molecule has 0 radical (unpaired) electrons. The summed E-state index contributed by atoms with van der Waals surface area (Å²) >= 11 is 0. The van der Waals surface area contributed by atoms with Gasteiger partial charge in [0.25, 0.3) is 6.17 Å². The molecule has 23 heavy (non-hydrogen) atoms. The smallest absolute Gasteiger partial charge is 0.425 e. The van der Waals surface area contributed by atoms with Crippen LogP contribution >= 0.6 is 0 Å². The third-order valence-electron chi connectivity index (χ3n) is 3.32. The Bertz CT molecular complexity index is 417. The normalized spacial score (nSPS) is 14.3. The Balaban J connectivity index is 5.13. The lowest BCUT2D eigenvalue weighted by molar-refractivity contribution is -0.255. The Hall–Kier alpha value is -1.48. The van der Waals surface area contributed by atoms with Gasteiger partial charge in [0.15, 0.2) is 12.0 Å². The van der Waals surface area contributed by atoms with Crippen molar-refractivity contribution in [2.45, 2.75) is 51.9 Å². The number of carbonyl (C=O) groups excluding carboxylic acids is 2. The first kappa shape index (κ1) is 21.5. The van der Waals surface area contributed by atoms with Gasteiger partial charge in [-0.15, -0.1) is 0 Å². The van der Waals surface area contributed by atoms with Crippen LogP contribution in [0.15, 0.2) is 0 Å². The summed E-state index contributed by atoms with van der Waals surface area (Å²) in [4.78, 5) is 23.7. The lowest BCUT2D eigenvalue weighted by atomic mass is 9.82. The second-order valence-corrected chi connectivity index (χ2v) is 4.75. The summed E-state index contributed by atoms with van der Waals surface area (Å²) in [6, 6.07) is 0. The van der Waals surface area contributed by atoms with E-state index < -0.39 is 42.2 Å². The molecule has 0 aliphatic rings. The predicted molar refractivity (Wildman–Crippen MR) is 66.5 cm³/mol. The van der Waals surface area contributed by atoms with Gasteiger partial charge >= 0.3 is 24.0 Å². The number of alkyl halides is 6. The van der Waals surface area contributed by atoms with Gasteiger partial charge in [-0.2, -0.15) is 22.0 Å². The van der Waals surface area contributed by atoms with E-state index in [0.717, 1.165) is 0 Å². The molecule has 4 nitrogen and oxygen atoms in total. The van der Waals surface area contributed by atoms with Crippen LogP contribution in [-0.2, 0) is 19.1 Å². The molecule has 0 fully saturated rings. The Morgan fingerprint density at radius 2 is 1.35 bits per heavy atom. The summed E-state index contributed by atoms with van der Waals surface area (Å²) in [5, 5.41) is 0. The first-order valence-electron chi connectivity index (χ1n) is 6.82. The highest BCUT2D eigenvalue weighted by Crippen LogP contribution is 2.36. The molecule has 0 aromatic heterocycles. The van der Waals surface area contributed by atoms with Crippen LogP contribution in [0.4, 0.5) is 26.3 Å². The van der Waals surface area contributed by atoms with E-state index in [0.29, 0.717) is 0 Å². The summed E-state index contributed by atoms with van der Waals surface area (Å²) in [7, 11) is 0. The second kappa shape index (κ2) is 7.87. The fourth-order valence-electron chi connectivity index (χ4n) is 1.79. The minimum absolute atomic E-state index is 0.0926. The molecule has 1 atom stereocenters. The van der Waals surface area contributed by atoms with Crippen LogP contribution in [0, 0.1) is 5.41 Å². The molecule has 10 heteroatoms. The first-order chi connectivity index (χ1) is 10.4. The van der Waals surface area contributed by atoms with E-state index in [1.807, 2.05) is 0 Å². The Morgan fingerprint density at radius 3 is 1.70 bits per heavy atom. The molecule has 0 aromatic carbocycles. The van der Waals surface area contributed by atoms with E-state index in [-0.39, 0.29) is 19.4 Å². The molecule has 0 aliphatic heterocycles. The van der Waals surface area contributed by atoms with Gasteiger partial charge in [-0.05, 0) is 19.8 Å². The fraction of sp³-hybridized carbons (Fsp3) is 0.846. The molecular formula is C13H18F6O4. The van der Waals surface area contributed by atoms with Gasteiger partial charge < -0.3 is 9.47 Å². The molecule has 0 aromatic rings. The van der Waals surface area contributed by atoms with Crippen LogP contribution in [0.2, 0.25) is 0 Å². The zero-order valence-corrected chi connectivity index (χ0v) is 12.8. The number of esters is 2. The molecular weight excluding hydrogens is 334 g/mol. The molecule has 0 amide bonds. The minimum Gasteiger partial charge on any atom is -0.465 e. The Morgan fingerprint density at radius 1 is 0.913 bits per heavy atom. The molecule has 0 saturated heterocycles. The van der Waals surface area contributed by atoms with Gasteiger partial charge in [0.1, 0.15) is 0 Å². The highest BCUT2D eigenvalue weighted by Gasteiger charge is 2.58. The monoisotopic (exact) mass is 352 g/mol. The molecule has 0 saturated carbocycles. The Kier molecular flexibility index (Phi) is 7.36. The standard InChI is InChI=1S/C13H18F6O4/c1-4-11(5-2,9(20)22-6-3)10(21)23-7-12(15,16)8(14)13(17,18)19/h8H,4-7H2,1-3H3. The summed E-state index contributed by atoms with van der Waals surface area (Å²) in [5.41, 5.74) is -1.92. The van der Waals surface area contributed by atoms with Crippen LogP contribution in [0.5, 0.6) is 0 Å². The maximum absolute atomic E-state index is 13.1. The molecule has 0 N–H and O–H groups in total. The van der Waals surface area contributed by atoms with E-state index in [1.54, 1.807) is 0 Å². The SMILES string of the molecule is CCOC(=O)C(CC)(CC)C(=O)OCC(F)(F)C(F)C(F)(F)F. The predicted octanol–water partition coefficient (Wildman–Crippen LogP) is 3.43. The fourth-order valence-corrected chi connectivity index (χ4v) is 1.79. The van der Waals surface area contributed by atoms with Crippen molar-refractivity contribution in [1.29, 1.82) is 0 Å². The van der Waals surface area contributed by atoms with Crippen molar-refractivity contribution in [3.05, 3.63) is 0 Å². The van der Waals surface area contributed by atoms with Gasteiger partial charge in [0.05, 0.1) is 6.61 Å². The molecule has 136 valence electrons. The van der Waals surface area contributed by atoms with Crippen molar-refractivity contribution in [2.24, 2.45) is 5.41 Å². The first-order valence-corrected chi connectivity index (χ1v) is 6.82. The topological polar surface area (TPSA) is 52.6 Å². The van der Waals surface area contributed by atoms with Crippen LogP contribution in [0.25, 0.3) is 0 Å². The van der Waals surface area contributed by atoms with E-state index in [4.69, 9.17) is 0 Å². The van der Waals surface area contributed by atoms with Crippen LogP contribution in [-0.4, -0.2) is 43.4 Å². The van der Waals surface area contributed by atoms with Crippen molar-refractivity contribution in [2.75, 3.05) is 13.2 Å². The van der Waals surface area contributed by atoms with Gasteiger partial charge in [-0.3, -0.25) is 9.59 Å². The highest BCUT2D eigenvalue weighted by molar-refractivity contribution is 6.00. The average Bonchev–Trinajstić information content (AvgIpc) is 2.45. The summed E-state index contributed by atoms with van der Waals surface area (Å²) in [6.07, 6.45) is -10.6. The third kappa shape index (κ3) is 5.00. The number of carbonyl (C=O) groups is 2. The van der Waals surface area contributed by atoms with E-state index >= 15 is 0 Å². The van der Waals surface area contributed by atoms with Gasteiger partial charge in [-0.1, -0.05) is 13.8 Å². The van der Waals surface area contributed by atoms with E-state index in [1.165, 1.54) is 20.8 Å². The maximum atomic E-state index is 13.1. The van der Waals surface area contributed by atoms with Crippen LogP contribution < -0.4 is 0 Å². The number of ether oxygens (including phenoxy) is 2. The largest absolute Gasteiger partial charge is 0.465 e. The number of halogens is 6. The zero-order chi connectivity index (χ0) is 18.5. The lowest BCUT2D eigenvalue weighted by Gasteiger charge is -2.28. The molecule has 0 heterocycles. The van der Waals surface area contributed by atoms with E-state index in [9.17, 15) is 35.9 Å². The van der Waals surface area contributed by atoms with Gasteiger partial charge in [0.2, 0.25) is 0 Å². The summed E-state index contributed by atoms with van der Waals surface area (Å²) in [6.45, 7) is 1.99. The summed E-state index contributed by atoms with van der Waals surface area (Å²) in [5.74, 6) is -7.48. The lowest BCUT2D eigenvalue weighted by Crippen LogP contribution is -2.47. The highest BCUT2D eigenvalue weighted by atomic mass is 19.4. The number of rotatable bonds is 8. The third-order valence-corrected chi connectivity index (χ3v) is 3.32. The van der Waals surface area contributed by atoms with Gasteiger partial charge in [-0.25, -0.2) is 4.39 Å². The zero-order valence-electron chi connectivity index (χ0n) is 12.8. The quantitative estimate of drug-likeness (QED) is 0.382. The molecule has 0 spiro atoms. The number of hydrogen-bond donors (Lipinski definition) is 0. The molecule has 0 rings (SSSR count). The average molecular weight is 352 g/mol. The van der Waals surface area contributed by atoms with Crippen molar-refractivity contribution >= 4 is 11.9 Å². The van der Waals surface area contributed by atoms with Gasteiger partial charge in [0, 0.05) is 0 Å². The minimum atomic E-state index is -5.80. The Labute approximate surface area is 129 Å². The van der Waals surface area contributed by atoms with Crippen molar-refractivity contribution < 1.29 is 45.4 Å². The van der Waals surface area contributed by atoms with Crippen molar-refractivity contribution in [1.82, 2.24) is 0 Å². The summed E-state index contributed by atoms with van der Waals surface area (Å²) < 4.78 is 83.7. The van der Waals surface area contributed by atoms with Crippen molar-refractivity contribution in [3.8, 4) is 0 Å². The number of hydrogen-bond acceptors (Lipinski definition) is 4. The molecule has 0 bridgehead atoms. The van der Waals surface area contributed by atoms with E-state index in [2.05, 4.69) is 9.47 Å². The molecule has 0 aliphatic carbocycles. The maximum Gasteiger partial charge on any atom is 0.425 e. The van der Waals surface area contributed by atoms with Crippen LogP contribution in [0.1, 0.15) is 33.6 Å².